The Bertz CT molecular complexity index is 369. The van der Waals surface area contributed by atoms with Crippen LogP contribution in [0, 0.1) is 5.92 Å². The SMILES string of the molecule is CCC(CC)CCCc1ccc2c(n1)NCCC2. The van der Waals surface area contributed by atoms with Crippen molar-refractivity contribution in [1.29, 1.82) is 0 Å². The van der Waals surface area contributed by atoms with Crippen LogP contribution in [0.3, 0.4) is 0 Å². The average molecular weight is 246 g/mol. The highest BCUT2D eigenvalue weighted by molar-refractivity contribution is 5.46. The molecule has 0 spiro atoms. The van der Waals surface area contributed by atoms with Crippen molar-refractivity contribution in [2.24, 2.45) is 5.92 Å². The Labute approximate surface area is 111 Å². The lowest BCUT2D eigenvalue weighted by Gasteiger charge is -2.17. The molecule has 0 saturated carbocycles. The van der Waals surface area contributed by atoms with Crippen molar-refractivity contribution in [3.63, 3.8) is 0 Å². The minimum absolute atomic E-state index is 0.903. The van der Waals surface area contributed by atoms with Crippen molar-refractivity contribution in [2.75, 3.05) is 11.9 Å². The number of aromatic nitrogens is 1. The molecule has 1 aliphatic rings. The molecule has 0 atom stereocenters. The molecule has 0 radical (unpaired) electrons. The number of rotatable bonds is 6. The third-order valence-corrected chi connectivity index (χ3v) is 4.15. The van der Waals surface area contributed by atoms with Gasteiger partial charge in [0.25, 0.3) is 0 Å². The molecule has 1 aromatic rings. The quantitative estimate of drug-likeness (QED) is 0.813. The Kier molecular flexibility index (Phi) is 5.03. The Hall–Kier alpha value is -1.05. The van der Waals surface area contributed by atoms with E-state index in [-0.39, 0.29) is 0 Å². The maximum Gasteiger partial charge on any atom is 0.129 e. The summed E-state index contributed by atoms with van der Waals surface area (Å²) in [6.45, 7) is 5.68. The highest BCUT2D eigenvalue weighted by Crippen LogP contribution is 2.21. The summed E-state index contributed by atoms with van der Waals surface area (Å²) in [5.41, 5.74) is 2.65. The maximum absolute atomic E-state index is 4.75. The molecule has 2 rings (SSSR count). The summed E-state index contributed by atoms with van der Waals surface area (Å²) >= 11 is 0. The third kappa shape index (κ3) is 3.47. The normalized spacial score (nSPS) is 14.4. The lowest BCUT2D eigenvalue weighted by molar-refractivity contribution is 0.440. The van der Waals surface area contributed by atoms with Crippen LogP contribution in [0.1, 0.15) is 57.2 Å². The molecule has 0 aromatic carbocycles. The molecule has 2 heteroatoms. The van der Waals surface area contributed by atoms with Gasteiger partial charge in [-0.25, -0.2) is 4.98 Å². The van der Waals surface area contributed by atoms with Crippen LogP contribution >= 0.6 is 0 Å². The Morgan fingerprint density at radius 3 is 2.89 bits per heavy atom. The van der Waals surface area contributed by atoms with E-state index in [1.165, 1.54) is 49.8 Å². The zero-order chi connectivity index (χ0) is 12.8. The standard InChI is InChI=1S/C16H26N2/c1-3-13(4-2)7-5-9-15-11-10-14-8-6-12-17-16(14)18-15/h10-11,13H,3-9,12H2,1-2H3,(H,17,18). The second-order valence-corrected chi connectivity index (χ2v) is 5.42. The van der Waals surface area contributed by atoms with Gasteiger partial charge in [0.1, 0.15) is 5.82 Å². The lowest BCUT2D eigenvalue weighted by Crippen LogP contribution is -2.14. The molecule has 100 valence electrons. The number of fused-ring (bicyclic) bond motifs is 1. The summed E-state index contributed by atoms with van der Waals surface area (Å²) in [5, 5.41) is 3.41. The van der Waals surface area contributed by atoms with E-state index in [0.717, 1.165) is 24.7 Å². The molecule has 1 aliphatic heterocycles. The summed E-state index contributed by atoms with van der Waals surface area (Å²) in [4.78, 5) is 4.75. The van der Waals surface area contributed by atoms with E-state index in [2.05, 4.69) is 31.3 Å². The van der Waals surface area contributed by atoms with Gasteiger partial charge < -0.3 is 5.32 Å². The van der Waals surface area contributed by atoms with Crippen LogP contribution in [-0.2, 0) is 12.8 Å². The second-order valence-electron chi connectivity index (χ2n) is 5.42. The molecule has 0 fully saturated rings. The molecule has 0 amide bonds. The third-order valence-electron chi connectivity index (χ3n) is 4.15. The van der Waals surface area contributed by atoms with Crippen molar-refractivity contribution in [2.45, 2.75) is 58.8 Å². The first-order chi connectivity index (χ1) is 8.83. The Morgan fingerprint density at radius 1 is 1.28 bits per heavy atom. The van der Waals surface area contributed by atoms with Gasteiger partial charge in [-0.05, 0) is 43.2 Å². The Balaban J connectivity index is 1.86. The number of pyridine rings is 1. The van der Waals surface area contributed by atoms with Gasteiger partial charge >= 0.3 is 0 Å². The fourth-order valence-electron chi connectivity index (χ4n) is 2.78. The van der Waals surface area contributed by atoms with E-state index in [1.54, 1.807) is 0 Å². The predicted molar refractivity (Wildman–Crippen MR) is 78.1 cm³/mol. The lowest BCUT2D eigenvalue weighted by atomic mass is 9.96. The first-order valence-electron chi connectivity index (χ1n) is 7.56. The van der Waals surface area contributed by atoms with Crippen LogP contribution in [0.2, 0.25) is 0 Å². The van der Waals surface area contributed by atoms with Crippen molar-refractivity contribution in [3.8, 4) is 0 Å². The minimum Gasteiger partial charge on any atom is -0.370 e. The Morgan fingerprint density at radius 2 is 2.11 bits per heavy atom. The molecular formula is C16H26N2. The first kappa shape index (κ1) is 13.4. The first-order valence-corrected chi connectivity index (χ1v) is 7.56. The van der Waals surface area contributed by atoms with Crippen molar-refractivity contribution < 1.29 is 0 Å². The van der Waals surface area contributed by atoms with Crippen LogP contribution < -0.4 is 5.32 Å². The number of anilines is 1. The van der Waals surface area contributed by atoms with Gasteiger partial charge in [0.2, 0.25) is 0 Å². The summed E-state index contributed by atoms with van der Waals surface area (Å²) in [5.74, 6) is 2.04. The van der Waals surface area contributed by atoms with Gasteiger partial charge in [0, 0.05) is 12.2 Å². The molecule has 2 nitrogen and oxygen atoms in total. The zero-order valence-corrected chi connectivity index (χ0v) is 11.8. The molecule has 0 unspecified atom stereocenters. The summed E-state index contributed by atoms with van der Waals surface area (Å²) in [6.07, 6.45) is 8.81. The number of aryl methyl sites for hydroxylation is 2. The van der Waals surface area contributed by atoms with Gasteiger partial charge in [-0.3, -0.25) is 0 Å². The smallest absolute Gasteiger partial charge is 0.129 e. The minimum atomic E-state index is 0.903. The number of nitrogens with zero attached hydrogens (tertiary/aromatic N) is 1. The second kappa shape index (κ2) is 6.77. The van der Waals surface area contributed by atoms with E-state index in [0.29, 0.717) is 0 Å². The van der Waals surface area contributed by atoms with E-state index in [1.807, 2.05) is 0 Å². The average Bonchev–Trinajstić information content (AvgIpc) is 2.43. The summed E-state index contributed by atoms with van der Waals surface area (Å²) < 4.78 is 0. The monoisotopic (exact) mass is 246 g/mol. The molecule has 2 heterocycles. The van der Waals surface area contributed by atoms with Crippen LogP contribution in [0.25, 0.3) is 0 Å². The largest absolute Gasteiger partial charge is 0.370 e. The fraction of sp³-hybridized carbons (Fsp3) is 0.688. The zero-order valence-electron chi connectivity index (χ0n) is 11.8. The van der Waals surface area contributed by atoms with Gasteiger partial charge in [-0.15, -0.1) is 0 Å². The van der Waals surface area contributed by atoms with E-state index in [4.69, 9.17) is 4.98 Å². The van der Waals surface area contributed by atoms with Crippen LogP contribution in [0.5, 0.6) is 0 Å². The molecule has 0 aliphatic carbocycles. The van der Waals surface area contributed by atoms with E-state index in [9.17, 15) is 0 Å². The summed E-state index contributed by atoms with van der Waals surface area (Å²) in [7, 11) is 0. The number of hydrogen-bond donors (Lipinski definition) is 1. The van der Waals surface area contributed by atoms with Crippen molar-refractivity contribution in [1.82, 2.24) is 4.98 Å². The highest BCUT2D eigenvalue weighted by Gasteiger charge is 2.10. The van der Waals surface area contributed by atoms with Gasteiger partial charge in [0.15, 0.2) is 0 Å². The predicted octanol–water partition coefficient (Wildman–Crippen LogP) is 4.20. The van der Waals surface area contributed by atoms with Crippen molar-refractivity contribution >= 4 is 5.82 Å². The topological polar surface area (TPSA) is 24.9 Å². The van der Waals surface area contributed by atoms with Gasteiger partial charge in [0.05, 0.1) is 0 Å². The molecule has 1 N–H and O–H groups in total. The van der Waals surface area contributed by atoms with E-state index >= 15 is 0 Å². The molecule has 18 heavy (non-hydrogen) atoms. The van der Waals surface area contributed by atoms with Crippen LogP contribution in [0.4, 0.5) is 5.82 Å². The summed E-state index contributed by atoms with van der Waals surface area (Å²) in [6, 6.07) is 4.49. The number of nitrogens with one attached hydrogen (secondary N) is 1. The number of hydrogen-bond acceptors (Lipinski definition) is 2. The van der Waals surface area contributed by atoms with Crippen LogP contribution in [-0.4, -0.2) is 11.5 Å². The molecular weight excluding hydrogens is 220 g/mol. The molecule has 0 bridgehead atoms. The van der Waals surface area contributed by atoms with E-state index < -0.39 is 0 Å². The van der Waals surface area contributed by atoms with Crippen LogP contribution in [0.15, 0.2) is 12.1 Å². The highest BCUT2D eigenvalue weighted by atomic mass is 15.0. The van der Waals surface area contributed by atoms with Gasteiger partial charge in [-0.2, -0.15) is 0 Å². The molecule has 0 saturated heterocycles. The molecule has 1 aromatic heterocycles. The van der Waals surface area contributed by atoms with Gasteiger partial charge in [-0.1, -0.05) is 39.2 Å². The fourth-order valence-corrected chi connectivity index (χ4v) is 2.78. The maximum atomic E-state index is 4.75. The van der Waals surface area contributed by atoms with Crippen molar-refractivity contribution in [3.05, 3.63) is 23.4 Å².